The lowest BCUT2D eigenvalue weighted by molar-refractivity contribution is -0.116. The maximum absolute atomic E-state index is 11.8. The highest BCUT2D eigenvalue weighted by atomic mass is 35.5. The van der Waals surface area contributed by atoms with Crippen LogP contribution < -0.4 is 10.6 Å². The van der Waals surface area contributed by atoms with Crippen LogP contribution in [0.25, 0.3) is 11.3 Å². The third-order valence-corrected chi connectivity index (χ3v) is 4.92. The number of anilines is 3. The molecule has 0 saturated heterocycles. The monoisotopic (exact) mass is 405 g/mol. The van der Waals surface area contributed by atoms with Gasteiger partial charge in [-0.15, -0.1) is 11.3 Å². The summed E-state index contributed by atoms with van der Waals surface area (Å²) in [7, 11) is 0. The zero-order valence-electron chi connectivity index (χ0n) is 14.1. The second-order valence-corrected chi connectivity index (χ2v) is 7.37. The molecule has 4 nitrogen and oxygen atoms in total. The second-order valence-electron chi connectivity index (χ2n) is 5.67. The van der Waals surface area contributed by atoms with E-state index in [0.29, 0.717) is 27.3 Å². The van der Waals surface area contributed by atoms with Gasteiger partial charge < -0.3 is 10.6 Å². The third-order valence-electron chi connectivity index (χ3n) is 3.59. The smallest absolute Gasteiger partial charge is 0.224 e. The van der Waals surface area contributed by atoms with Crippen molar-refractivity contribution in [1.29, 1.82) is 0 Å². The van der Waals surface area contributed by atoms with Crippen LogP contribution in [0.3, 0.4) is 0 Å². The van der Waals surface area contributed by atoms with Crippen LogP contribution in [-0.2, 0) is 4.79 Å². The molecule has 1 amide bonds. The molecule has 0 unspecified atom stereocenters. The van der Waals surface area contributed by atoms with Crippen LogP contribution in [0.2, 0.25) is 10.0 Å². The van der Waals surface area contributed by atoms with Crippen LogP contribution >= 0.6 is 34.5 Å². The summed E-state index contributed by atoms with van der Waals surface area (Å²) in [4.78, 5) is 16.4. The van der Waals surface area contributed by atoms with Crippen molar-refractivity contribution in [2.45, 2.75) is 19.8 Å². The number of carbonyl (C=O) groups excluding carboxylic acids is 1. The predicted molar refractivity (Wildman–Crippen MR) is 111 cm³/mol. The fraction of sp³-hybridized carbons (Fsp3) is 0.158. The maximum atomic E-state index is 11.8. The van der Waals surface area contributed by atoms with E-state index < -0.39 is 0 Å². The first-order chi connectivity index (χ1) is 12.5. The van der Waals surface area contributed by atoms with E-state index in [4.69, 9.17) is 23.2 Å². The van der Waals surface area contributed by atoms with E-state index in [1.54, 1.807) is 18.2 Å². The van der Waals surface area contributed by atoms with E-state index in [9.17, 15) is 4.79 Å². The van der Waals surface area contributed by atoms with Gasteiger partial charge in [0.05, 0.1) is 16.4 Å². The standard InChI is InChI=1S/C19H17Cl2N3OS/c1-2-4-18(25)22-14-6-3-5-12(9-14)17-11-26-19(24-17)23-16-10-13(20)7-8-15(16)21/h3,5-11H,2,4H2,1H3,(H,22,25)(H,23,24). The molecule has 3 aromatic rings. The highest BCUT2D eigenvalue weighted by Crippen LogP contribution is 2.32. The van der Waals surface area contributed by atoms with Crippen LogP contribution in [0.5, 0.6) is 0 Å². The third kappa shape index (κ3) is 4.75. The SMILES string of the molecule is CCCC(=O)Nc1cccc(-c2csc(Nc3cc(Cl)ccc3Cl)n2)c1. The molecule has 0 saturated carbocycles. The molecule has 134 valence electrons. The average Bonchev–Trinajstić information content (AvgIpc) is 3.07. The van der Waals surface area contributed by atoms with Crippen molar-refractivity contribution in [3.05, 3.63) is 57.9 Å². The number of benzene rings is 2. The van der Waals surface area contributed by atoms with Crippen molar-refractivity contribution < 1.29 is 4.79 Å². The molecule has 7 heteroatoms. The van der Waals surface area contributed by atoms with E-state index >= 15 is 0 Å². The molecule has 2 aromatic carbocycles. The van der Waals surface area contributed by atoms with Crippen molar-refractivity contribution in [3.63, 3.8) is 0 Å². The van der Waals surface area contributed by atoms with Gasteiger partial charge in [0.15, 0.2) is 5.13 Å². The molecular weight excluding hydrogens is 389 g/mol. The molecule has 0 atom stereocenters. The van der Waals surface area contributed by atoms with Gasteiger partial charge in [0.2, 0.25) is 5.91 Å². The van der Waals surface area contributed by atoms with E-state index in [1.165, 1.54) is 11.3 Å². The zero-order chi connectivity index (χ0) is 18.5. The van der Waals surface area contributed by atoms with Gasteiger partial charge in [-0.25, -0.2) is 4.98 Å². The highest BCUT2D eigenvalue weighted by Gasteiger charge is 2.09. The zero-order valence-corrected chi connectivity index (χ0v) is 16.4. The first kappa shape index (κ1) is 18.7. The lowest BCUT2D eigenvalue weighted by Gasteiger charge is -2.06. The summed E-state index contributed by atoms with van der Waals surface area (Å²) in [5.74, 6) is 0.0147. The van der Waals surface area contributed by atoms with Gasteiger partial charge in [0.25, 0.3) is 0 Å². The number of rotatable bonds is 6. The second kappa shape index (κ2) is 8.54. The summed E-state index contributed by atoms with van der Waals surface area (Å²) in [6.45, 7) is 1.98. The Morgan fingerprint density at radius 3 is 2.85 bits per heavy atom. The number of amides is 1. The van der Waals surface area contributed by atoms with Crippen molar-refractivity contribution >= 4 is 57.0 Å². The van der Waals surface area contributed by atoms with Crippen LogP contribution in [0.15, 0.2) is 47.8 Å². The van der Waals surface area contributed by atoms with Gasteiger partial charge in [0.1, 0.15) is 0 Å². The van der Waals surface area contributed by atoms with Crippen LogP contribution in [0.1, 0.15) is 19.8 Å². The maximum Gasteiger partial charge on any atom is 0.224 e. The highest BCUT2D eigenvalue weighted by molar-refractivity contribution is 7.14. The quantitative estimate of drug-likeness (QED) is 0.485. The lowest BCUT2D eigenvalue weighted by atomic mass is 10.1. The summed E-state index contributed by atoms with van der Waals surface area (Å²) < 4.78 is 0. The number of aromatic nitrogens is 1. The molecule has 0 radical (unpaired) electrons. The fourth-order valence-electron chi connectivity index (χ4n) is 2.38. The Morgan fingerprint density at radius 2 is 2.04 bits per heavy atom. The van der Waals surface area contributed by atoms with Crippen molar-refractivity contribution in [3.8, 4) is 11.3 Å². The largest absolute Gasteiger partial charge is 0.330 e. The lowest BCUT2D eigenvalue weighted by Crippen LogP contribution is -2.10. The first-order valence-corrected chi connectivity index (χ1v) is 9.76. The minimum atomic E-state index is 0.0147. The van der Waals surface area contributed by atoms with Crippen molar-refractivity contribution in [2.24, 2.45) is 0 Å². The minimum Gasteiger partial charge on any atom is -0.330 e. The molecule has 1 aromatic heterocycles. The Balaban J connectivity index is 1.77. The Kier molecular flexibility index (Phi) is 6.14. The average molecular weight is 406 g/mol. The van der Waals surface area contributed by atoms with Gasteiger partial charge in [-0.2, -0.15) is 0 Å². The summed E-state index contributed by atoms with van der Waals surface area (Å²) in [5, 5.41) is 9.93. The number of thiazole rings is 1. The molecule has 0 aliphatic carbocycles. The number of nitrogens with zero attached hydrogens (tertiary/aromatic N) is 1. The van der Waals surface area contributed by atoms with Crippen LogP contribution in [0.4, 0.5) is 16.5 Å². The van der Waals surface area contributed by atoms with Crippen LogP contribution in [-0.4, -0.2) is 10.9 Å². The van der Waals surface area contributed by atoms with Crippen molar-refractivity contribution in [1.82, 2.24) is 4.98 Å². The van der Waals surface area contributed by atoms with E-state index in [-0.39, 0.29) is 5.91 Å². The predicted octanol–water partition coefficient (Wildman–Crippen LogP) is 6.60. The Hall–Kier alpha value is -2.08. The van der Waals surface area contributed by atoms with Gasteiger partial charge in [0, 0.05) is 28.1 Å². The molecule has 26 heavy (non-hydrogen) atoms. The summed E-state index contributed by atoms with van der Waals surface area (Å²) >= 11 is 13.7. The summed E-state index contributed by atoms with van der Waals surface area (Å²) in [5.41, 5.74) is 3.23. The summed E-state index contributed by atoms with van der Waals surface area (Å²) in [6.07, 6.45) is 1.33. The molecule has 2 N–H and O–H groups in total. The van der Waals surface area contributed by atoms with Crippen LogP contribution in [0, 0.1) is 0 Å². The van der Waals surface area contributed by atoms with Crippen molar-refractivity contribution in [2.75, 3.05) is 10.6 Å². The minimum absolute atomic E-state index is 0.0147. The molecule has 0 spiro atoms. The van der Waals surface area contributed by atoms with Gasteiger partial charge in [-0.05, 0) is 36.8 Å². The number of carbonyl (C=O) groups is 1. The molecule has 0 aliphatic heterocycles. The molecule has 3 rings (SSSR count). The normalized spacial score (nSPS) is 10.6. The number of nitrogens with one attached hydrogen (secondary N) is 2. The Bertz CT molecular complexity index is 927. The Labute approximate surface area is 166 Å². The van der Waals surface area contributed by atoms with E-state index in [1.807, 2.05) is 36.6 Å². The molecular formula is C19H17Cl2N3OS. The molecule has 0 bridgehead atoms. The van der Waals surface area contributed by atoms with Gasteiger partial charge in [-0.3, -0.25) is 4.79 Å². The molecule has 0 fully saturated rings. The summed E-state index contributed by atoms with van der Waals surface area (Å²) in [6, 6.07) is 12.9. The Morgan fingerprint density at radius 1 is 1.19 bits per heavy atom. The number of hydrogen-bond acceptors (Lipinski definition) is 4. The molecule has 0 aliphatic rings. The van der Waals surface area contributed by atoms with E-state index in [2.05, 4.69) is 15.6 Å². The first-order valence-electron chi connectivity index (χ1n) is 8.13. The number of halogens is 2. The van der Waals surface area contributed by atoms with E-state index in [0.717, 1.165) is 23.4 Å². The number of hydrogen-bond donors (Lipinski definition) is 2. The van der Waals surface area contributed by atoms with Gasteiger partial charge in [-0.1, -0.05) is 42.3 Å². The topological polar surface area (TPSA) is 54.0 Å². The molecule has 1 heterocycles. The van der Waals surface area contributed by atoms with Gasteiger partial charge >= 0.3 is 0 Å². The fourth-order valence-corrected chi connectivity index (χ4v) is 3.45.